The van der Waals surface area contributed by atoms with Crippen molar-refractivity contribution in [1.82, 2.24) is 9.88 Å². The summed E-state index contributed by atoms with van der Waals surface area (Å²) in [5.41, 5.74) is 1.37. The molecule has 2 heterocycles. The third kappa shape index (κ3) is 5.51. The van der Waals surface area contributed by atoms with Gasteiger partial charge in [-0.15, -0.1) is 0 Å². The lowest BCUT2D eigenvalue weighted by Crippen LogP contribution is -2.39. The molecule has 148 valence electrons. The summed E-state index contributed by atoms with van der Waals surface area (Å²) in [6.07, 6.45) is 1.59. The van der Waals surface area contributed by atoms with Gasteiger partial charge in [-0.05, 0) is 30.3 Å². The first-order valence-corrected chi connectivity index (χ1v) is 9.15. The molecule has 0 unspecified atom stereocenters. The van der Waals surface area contributed by atoms with Crippen LogP contribution < -0.4 is 10.6 Å². The molecule has 2 N–H and O–H groups in total. The van der Waals surface area contributed by atoms with Crippen LogP contribution in [0.3, 0.4) is 0 Å². The van der Waals surface area contributed by atoms with Crippen LogP contribution in [0.5, 0.6) is 0 Å². The topological polar surface area (TPSA) is 92.8 Å². The number of nitrogens with one attached hydrogen (secondary N) is 2. The van der Waals surface area contributed by atoms with Crippen molar-refractivity contribution in [3.05, 3.63) is 53.7 Å². The molecule has 0 radical (unpaired) electrons. The van der Waals surface area contributed by atoms with Crippen LogP contribution in [0.1, 0.15) is 20.7 Å². The average Bonchev–Trinajstić information content (AvgIpc) is 2.74. The van der Waals surface area contributed by atoms with E-state index in [-0.39, 0.29) is 5.91 Å². The minimum absolute atomic E-state index is 0.277. The number of amides is 1. The Bertz CT molecular complexity index is 821. The highest BCUT2D eigenvalue weighted by atomic mass is 16.5. The van der Waals surface area contributed by atoms with E-state index in [0.29, 0.717) is 22.6 Å². The van der Waals surface area contributed by atoms with E-state index in [9.17, 15) is 9.59 Å². The minimum atomic E-state index is -0.452. The van der Waals surface area contributed by atoms with Crippen LogP contribution >= 0.6 is 0 Å². The number of morpholine rings is 1. The molecule has 1 aliphatic rings. The van der Waals surface area contributed by atoms with Gasteiger partial charge in [-0.3, -0.25) is 9.69 Å². The molecule has 0 spiro atoms. The number of ether oxygens (including phenoxy) is 2. The molecule has 3 rings (SSSR count). The molecule has 2 aromatic rings. The molecule has 0 atom stereocenters. The number of esters is 1. The zero-order valence-corrected chi connectivity index (χ0v) is 15.8. The van der Waals surface area contributed by atoms with E-state index in [1.54, 1.807) is 42.6 Å². The van der Waals surface area contributed by atoms with E-state index in [1.165, 1.54) is 7.11 Å². The molecule has 1 amide bonds. The lowest BCUT2D eigenvalue weighted by atomic mass is 10.2. The smallest absolute Gasteiger partial charge is 0.337 e. The highest BCUT2D eigenvalue weighted by Crippen LogP contribution is 2.14. The van der Waals surface area contributed by atoms with Crippen LogP contribution in [0.25, 0.3) is 0 Å². The van der Waals surface area contributed by atoms with Gasteiger partial charge < -0.3 is 20.1 Å². The Hall–Kier alpha value is -2.97. The number of anilines is 2. The highest BCUT2D eigenvalue weighted by Gasteiger charge is 2.12. The number of methoxy groups -OCH3 is 1. The highest BCUT2D eigenvalue weighted by molar-refractivity contribution is 6.05. The second-order valence-electron chi connectivity index (χ2n) is 6.34. The molecule has 1 fully saturated rings. The van der Waals surface area contributed by atoms with E-state index >= 15 is 0 Å². The van der Waals surface area contributed by atoms with Crippen molar-refractivity contribution in [1.29, 1.82) is 0 Å². The number of aromatic nitrogens is 1. The fourth-order valence-electron chi connectivity index (χ4n) is 2.88. The van der Waals surface area contributed by atoms with Gasteiger partial charge in [0.2, 0.25) is 0 Å². The third-order valence-corrected chi connectivity index (χ3v) is 4.40. The normalized spacial score (nSPS) is 14.3. The fraction of sp³-hybridized carbons (Fsp3) is 0.350. The maximum atomic E-state index is 12.5. The molecule has 0 saturated carbocycles. The summed E-state index contributed by atoms with van der Waals surface area (Å²) in [6, 6.07) is 9.96. The number of nitrogens with zero attached hydrogens (tertiary/aromatic N) is 2. The van der Waals surface area contributed by atoms with Crippen LogP contribution in [-0.2, 0) is 9.47 Å². The summed E-state index contributed by atoms with van der Waals surface area (Å²) < 4.78 is 10.0. The Morgan fingerprint density at radius 1 is 1.18 bits per heavy atom. The second kappa shape index (κ2) is 9.82. The summed E-state index contributed by atoms with van der Waals surface area (Å²) in [6.45, 7) is 5.03. The lowest BCUT2D eigenvalue weighted by Gasteiger charge is -2.26. The van der Waals surface area contributed by atoms with Gasteiger partial charge >= 0.3 is 5.97 Å². The number of pyridine rings is 1. The van der Waals surface area contributed by atoms with Crippen molar-refractivity contribution in [2.24, 2.45) is 0 Å². The average molecular weight is 384 g/mol. The van der Waals surface area contributed by atoms with Crippen molar-refractivity contribution in [3.8, 4) is 0 Å². The predicted molar refractivity (Wildman–Crippen MR) is 106 cm³/mol. The Morgan fingerprint density at radius 2 is 2.00 bits per heavy atom. The molecule has 1 aromatic carbocycles. The molecule has 1 aliphatic heterocycles. The van der Waals surface area contributed by atoms with Crippen LogP contribution in [0, 0.1) is 0 Å². The van der Waals surface area contributed by atoms with Gasteiger partial charge in [0.1, 0.15) is 5.82 Å². The number of hydrogen-bond acceptors (Lipinski definition) is 7. The van der Waals surface area contributed by atoms with Gasteiger partial charge in [-0.25, -0.2) is 9.78 Å². The van der Waals surface area contributed by atoms with Gasteiger partial charge in [-0.2, -0.15) is 0 Å². The molecule has 8 nitrogen and oxygen atoms in total. The zero-order chi connectivity index (χ0) is 19.8. The first-order valence-electron chi connectivity index (χ1n) is 9.15. The Labute approximate surface area is 163 Å². The maximum Gasteiger partial charge on any atom is 0.337 e. The molecular weight excluding hydrogens is 360 g/mol. The maximum absolute atomic E-state index is 12.5. The Kier molecular flexibility index (Phi) is 6.94. The molecule has 8 heteroatoms. The second-order valence-corrected chi connectivity index (χ2v) is 6.34. The monoisotopic (exact) mass is 384 g/mol. The summed E-state index contributed by atoms with van der Waals surface area (Å²) in [4.78, 5) is 30.7. The van der Waals surface area contributed by atoms with Gasteiger partial charge in [0.05, 0.1) is 25.9 Å². The Morgan fingerprint density at radius 3 is 2.79 bits per heavy atom. The summed E-state index contributed by atoms with van der Waals surface area (Å²) >= 11 is 0. The third-order valence-electron chi connectivity index (χ3n) is 4.40. The quantitative estimate of drug-likeness (QED) is 0.704. The molecule has 1 saturated heterocycles. The number of carbonyl (C=O) groups is 2. The first kappa shape index (κ1) is 19.8. The van der Waals surface area contributed by atoms with Crippen molar-refractivity contribution >= 4 is 23.4 Å². The van der Waals surface area contributed by atoms with Crippen molar-refractivity contribution in [2.75, 3.05) is 57.1 Å². The molecule has 0 aliphatic carbocycles. The lowest BCUT2D eigenvalue weighted by molar-refractivity contribution is 0.0398. The standard InChI is InChI=1S/C20H24N4O4/c1-27-20(26)16-3-2-4-17(13-16)23-19(25)15-5-6-21-18(14-15)22-7-8-24-9-11-28-12-10-24/h2-6,13-14H,7-12H2,1H3,(H,21,22)(H,23,25). The number of rotatable bonds is 7. The van der Waals surface area contributed by atoms with Crippen molar-refractivity contribution < 1.29 is 19.1 Å². The van der Waals surface area contributed by atoms with Crippen LogP contribution in [-0.4, -0.2) is 68.3 Å². The zero-order valence-electron chi connectivity index (χ0n) is 15.8. The van der Waals surface area contributed by atoms with E-state index in [0.717, 1.165) is 39.4 Å². The van der Waals surface area contributed by atoms with E-state index in [2.05, 4.69) is 20.5 Å². The SMILES string of the molecule is COC(=O)c1cccc(NC(=O)c2ccnc(NCCN3CCOCC3)c2)c1. The summed E-state index contributed by atoms with van der Waals surface area (Å²) in [5.74, 6) is -0.0865. The molecular formula is C20H24N4O4. The molecule has 0 bridgehead atoms. The molecule has 1 aromatic heterocycles. The predicted octanol–water partition coefficient (Wildman–Crippen LogP) is 1.86. The first-order chi connectivity index (χ1) is 13.7. The summed E-state index contributed by atoms with van der Waals surface area (Å²) in [7, 11) is 1.32. The van der Waals surface area contributed by atoms with Crippen LogP contribution in [0.2, 0.25) is 0 Å². The van der Waals surface area contributed by atoms with Crippen molar-refractivity contribution in [3.63, 3.8) is 0 Å². The minimum Gasteiger partial charge on any atom is -0.465 e. The van der Waals surface area contributed by atoms with Crippen LogP contribution in [0.4, 0.5) is 11.5 Å². The van der Waals surface area contributed by atoms with Gasteiger partial charge in [0.15, 0.2) is 0 Å². The number of hydrogen-bond donors (Lipinski definition) is 2. The fourth-order valence-corrected chi connectivity index (χ4v) is 2.88. The van der Waals surface area contributed by atoms with Crippen molar-refractivity contribution in [2.45, 2.75) is 0 Å². The number of carbonyl (C=O) groups excluding carboxylic acids is 2. The van der Waals surface area contributed by atoms with E-state index in [4.69, 9.17) is 9.47 Å². The van der Waals surface area contributed by atoms with Crippen LogP contribution in [0.15, 0.2) is 42.6 Å². The number of benzene rings is 1. The van der Waals surface area contributed by atoms with E-state index < -0.39 is 5.97 Å². The van der Waals surface area contributed by atoms with E-state index in [1.807, 2.05) is 0 Å². The van der Waals surface area contributed by atoms with Gasteiger partial charge in [0.25, 0.3) is 5.91 Å². The molecule has 28 heavy (non-hydrogen) atoms. The summed E-state index contributed by atoms with van der Waals surface area (Å²) in [5, 5.41) is 6.04. The van der Waals surface area contributed by atoms with Gasteiger partial charge in [0, 0.05) is 43.6 Å². The van der Waals surface area contributed by atoms with Gasteiger partial charge in [-0.1, -0.05) is 6.07 Å². The largest absolute Gasteiger partial charge is 0.465 e. The Balaban J connectivity index is 1.56.